The van der Waals surface area contributed by atoms with Crippen LogP contribution in [0.25, 0.3) is 0 Å². The lowest BCUT2D eigenvalue weighted by Crippen LogP contribution is -2.50. The van der Waals surface area contributed by atoms with Crippen LogP contribution in [0, 0.1) is 5.82 Å². The van der Waals surface area contributed by atoms with Crippen molar-refractivity contribution in [1.29, 1.82) is 0 Å². The zero-order valence-electron chi connectivity index (χ0n) is 16.6. The summed E-state index contributed by atoms with van der Waals surface area (Å²) in [5.41, 5.74) is 1.25. The predicted octanol–water partition coefficient (Wildman–Crippen LogP) is 2.62. The molecule has 4 rings (SSSR count). The summed E-state index contributed by atoms with van der Waals surface area (Å²) in [7, 11) is -3.27. The van der Waals surface area contributed by atoms with Crippen LogP contribution in [0.2, 0.25) is 5.02 Å². The van der Waals surface area contributed by atoms with E-state index in [2.05, 4.69) is 0 Å². The Kier molecular flexibility index (Phi) is 5.90. The van der Waals surface area contributed by atoms with Gasteiger partial charge in [-0.3, -0.25) is 13.9 Å². The molecular formula is C21H21ClFN3O4S. The van der Waals surface area contributed by atoms with Crippen LogP contribution in [-0.4, -0.2) is 68.5 Å². The number of carbonyl (C=O) groups excluding carboxylic acids is 2. The van der Waals surface area contributed by atoms with Gasteiger partial charge in [-0.25, -0.2) is 12.8 Å². The van der Waals surface area contributed by atoms with E-state index in [0.29, 0.717) is 50.4 Å². The van der Waals surface area contributed by atoms with Crippen LogP contribution in [0.3, 0.4) is 0 Å². The summed E-state index contributed by atoms with van der Waals surface area (Å²) in [6.45, 7) is 1.83. The second kappa shape index (κ2) is 8.47. The van der Waals surface area contributed by atoms with E-state index < -0.39 is 15.8 Å². The highest BCUT2D eigenvalue weighted by atomic mass is 35.5. The summed E-state index contributed by atoms with van der Waals surface area (Å²) in [6, 6.07) is 10.2. The van der Waals surface area contributed by atoms with Crippen LogP contribution in [0.15, 0.2) is 42.5 Å². The average molecular weight is 466 g/mol. The Morgan fingerprint density at radius 3 is 2.03 bits per heavy atom. The molecule has 0 saturated carbocycles. The van der Waals surface area contributed by atoms with Crippen molar-refractivity contribution in [2.45, 2.75) is 6.42 Å². The molecule has 0 aliphatic carbocycles. The molecule has 164 valence electrons. The van der Waals surface area contributed by atoms with E-state index in [9.17, 15) is 22.4 Å². The molecule has 0 aromatic heterocycles. The summed E-state index contributed by atoms with van der Waals surface area (Å²) in [6.07, 6.45) is 0.592. The first-order chi connectivity index (χ1) is 14.8. The number of nitrogens with zero attached hydrogens (tertiary/aromatic N) is 3. The highest BCUT2D eigenvalue weighted by Crippen LogP contribution is 2.25. The lowest BCUT2D eigenvalue weighted by molar-refractivity contribution is 0.0535. The molecule has 0 N–H and O–H groups in total. The molecule has 0 spiro atoms. The second-order valence-electron chi connectivity index (χ2n) is 7.50. The molecule has 2 aromatic rings. The van der Waals surface area contributed by atoms with Gasteiger partial charge >= 0.3 is 0 Å². The highest BCUT2D eigenvalue weighted by Gasteiger charge is 2.29. The third-order valence-electron chi connectivity index (χ3n) is 5.52. The Labute approximate surface area is 185 Å². The third kappa shape index (κ3) is 4.38. The van der Waals surface area contributed by atoms with E-state index >= 15 is 0 Å². The van der Waals surface area contributed by atoms with Crippen molar-refractivity contribution in [2.75, 3.05) is 42.8 Å². The average Bonchev–Trinajstić information content (AvgIpc) is 3.12. The van der Waals surface area contributed by atoms with Gasteiger partial charge < -0.3 is 9.80 Å². The van der Waals surface area contributed by atoms with Crippen LogP contribution in [-0.2, 0) is 10.0 Å². The number of sulfonamides is 1. The Balaban J connectivity index is 1.38. The number of carbonyl (C=O) groups is 2. The first kappa shape index (κ1) is 21.6. The Hall–Kier alpha value is -2.65. The number of hydrogen-bond donors (Lipinski definition) is 0. The number of anilines is 1. The molecule has 2 heterocycles. The number of rotatable bonds is 3. The van der Waals surface area contributed by atoms with Gasteiger partial charge in [0.1, 0.15) is 5.82 Å². The van der Waals surface area contributed by atoms with Gasteiger partial charge in [0.05, 0.1) is 22.0 Å². The minimum atomic E-state index is -3.27. The van der Waals surface area contributed by atoms with E-state index in [1.807, 2.05) is 0 Å². The lowest BCUT2D eigenvalue weighted by Gasteiger charge is -2.35. The van der Waals surface area contributed by atoms with Crippen LogP contribution in [0.1, 0.15) is 27.1 Å². The predicted molar refractivity (Wildman–Crippen MR) is 115 cm³/mol. The van der Waals surface area contributed by atoms with Crippen molar-refractivity contribution in [3.63, 3.8) is 0 Å². The van der Waals surface area contributed by atoms with Crippen molar-refractivity contribution in [1.82, 2.24) is 9.80 Å². The van der Waals surface area contributed by atoms with Crippen LogP contribution in [0.4, 0.5) is 10.1 Å². The van der Waals surface area contributed by atoms with Crippen LogP contribution < -0.4 is 4.31 Å². The Morgan fingerprint density at radius 1 is 0.871 bits per heavy atom. The first-order valence-corrected chi connectivity index (χ1v) is 11.9. The molecule has 0 bridgehead atoms. The third-order valence-corrected chi connectivity index (χ3v) is 7.70. The van der Waals surface area contributed by atoms with E-state index in [4.69, 9.17) is 11.6 Å². The first-order valence-electron chi connectivity index (χ1n) is 9.90. The Morgan fingerprint density at radius 2 is 1.48 bits per heavy atom. The van der Waals surface area contributed by atoms with Crippen LogP contribution >= 0.6 is 11.6 Å². The summed E-state index contributed by atoms with van der Waals surface area (Å²) >= 11 is 5.99. The zero-order valence-corrected chi connectivity index (χ0v) is 18.2. The summed E-state index contributed by atoms with van der Waals surface area (Å²) in [5.74, 6) is -0.846. The van der Waals surface area contributed by atoms with Crippen LogP contribution in [0.5, 0.6) is 0 Å². The fourth-order valence-electron chi connectivity index (χ4n) is 3.83. The minimum absolute atomic E-state index is 0.0589. The topological polar surface area (TPSA) is 78.0 Å². The van der Waals surface area contributed by atoms with E-state index in [-0.39, 0.29) is 28.2 Å². The number of halogens is 2. The number of hydrogen-bond acceptors (Lipinski definition) is 4. The Bertz CT molecular complexity index is 1120. The van der Waals surface area contributed by atoms with Gasteiger partial charge in [0.2, 0.25) is 10.0 Å². The van der Waals surface area contributed by atoms with Gasteiger partial charge in [0.15, 0.2) is 0 Å². The molecule has 0 unspecified atom stereocenters. The summed E-state index contributed by atoms with van der Waals surface area (Å²) in [4.78, 5) is 28.7. The fraction of sp³-hybridized carbons (Fsp3) is 0.333. The van der Waals surface area contributed by atoms with Gasteiger partial charge in [-0.15, -0.1) is 0 Å². The molecular weight excluding hydrogens is 445 g/mol. The maximum absolute atomic E-state index is 13.2. The van der Waals surface area contributed by atoms with Gasteiger partial charge in [0.25, 0.3) is 11.8 Å². The quantitative estimate of drug-likeness (QED) is 0.698. The standard InChI is InChI=1S/C21H21ClFN3O4S/c22-19-14-16(23)4-7-18(19)21(28)25-11-9-24(10-12-25)20(27)15-2-5-17(6-3-15)26-8-1-13-31(26,29)30/h2-7,14H,1,8-13H2. The number of piperazine rings is 1. The molecule has 2 saturated heterocycles. The van der Waals surface area contributed by atoms with Gasteiger partial charge in [-0.05, 0) is 48.9 Å². The molecule has 2 aliphatic heterocycles. The van der Waals surface area contributed by atoms with Gasteiger partial charge in [-0.2, -0.15) is 0 Å². The maximum Gasteiger partial charge on any atom is 0.255 e. The normalized spacial score (nSPS) is 18.3. The molecule has 0 radical (unpaired) electrons. The lowest BCUT2D eigenvalue weighted by atomic mass is 10.1. The van der Waals surface area contributed by atoms with Gasteiger partial charge in [-0.1, -0.05) is 11.6 Å². The zero-order chi connectivity index (χ0) is 22.2. The fourth-order valence-corrected chi connectivity index (χ4v) is 5.64. The molecule has 7 nitrogen and oxygen atoms in total. The molecule has 2 amide bonds. The van der Waals surface area contributed by atoms with Crippen molar-refractivity contribution < 1.29 is 22.4 Å². The second-order valence-corrected chi connectivity index (χ2v) is 9.92. The molecule has 2 aromatic carbocycles. The smallest absolute Gasteiger partial charge is 0.255 e. The van der Waals surface area contributed by atoms with E-state index in [0.717, 1.165) is 6.07 Å². The van der Waals surface area contributed by atoms with Crippen molar-refractivity contribution in [2.24, 2.45) is 0 Å². The van der Waals surface area contributed by atoms with E-state index in [1.165, 1.54) is 16.4 Å². The highest BCUT2D eigenvalue weighted by molar-refractivity contribution is 7.93. The summed E-state index contributed by atoms with van der Waals surface area (Å²) < 4.78 is 38.7. The minimum Gasteiger partial charge on any atom is -0.335 e. The molecule has 2 aliphatic rings. The van der Waals surface area contributed by atoms with Crippen molar-refractivity contribution >= 4 is 39.1 Å². The molecule has 10 heteroatoms. The number of benzene rings is 2. The van der Waals surface area contributed by atoms with Gasteiger partial charge in [0, 0.05) is 38.3 Å². The number of amides is 2. The van der Waals surface area contributed by atoms with Crippen molar-refractivity contribution in [3.05, 3.63) is 64.4 Å². The molecule has 31 heavy (non-hydrogen) atoms. The molecule has 0 atom stereocenters. The monoisotopic (exact) mass is 465 g/mol. The molecule has 2 fully saturated rings. The van der Waals surface area contributed by atoms with Crippen molar-refractivity contribution in [3.8, 4) is 0 Å². The van der Waals surface area contributed by atoms with E-state index in [1.54, 1.807) is 34.1 Å². The SMILES string of the molecule is O=C(c1ccc(N2CCCS2(=O)=O)cc1)N1CCN(C(=O)c2ccc(F)cc2Cl)CC1. The largest absolute Gasteiger partial charge is 0.335 e. The summed E-state index contributed by atoms with van der Waals surface area (Å²) in [5, 5.41) is 0.0589. The maximum atomic E-state index is 13.2.